The van der Waals surface area contributed by atoms with Crippen molar-refractivity contribution in [2.75, 3.05) is 0 Å². The highest BCUT2D eigenvalue weighted by Crippen LogP contribution is 2.18. The Morgan fingerprint density at radius 2 is 1.87 bits per heavy atom. The third-order valence-electron chi connectivity index (χ3n) is 3.63. The molecule has 0 spiro atoms. The van der Waals surface area contributed by atoms with Gasteiger partial charge in [0.2, 0.25) is 0 Å². The van der Waals surface area contributed by atoms with Crippen LogP contribution in [0.2, 0.25) is 5.02 Å². The van der Waals surface area contributed by atoms with Gasteiger partial charge in [-0.05, 0) is 43.7 Å². The Bertz CT molecular complexity index is 923. The van der Waals surface area contributed by atoms with Gasteiger partial charge >= 0.3 is 0 Å². The van der Waals surface area contributed by atoms with E-state index in [1.54, 1.807) is 12.3 Å². The summed E-state index contributed by atoms with van der Waals surface area (Å²) in [5, 5.41) is 3.69. The Morgan fingerprint density at radius 1 is 1.13 bits per heavy atom. The summed E-state index contributed by atoms with van der Waals surface area (Å²) in [6.45, 7) is 3.77. The first-order chi connectivity index (χ1) is 11.1. The normalized spacial score (nSPS) is 11.3. The van der Waals surface area contributed by atoms with Gasteiger partial charge in [-0.25, -0.2) is 4.68 Å². The summed E-state index contributed by atoms with van der Waals surface area (Å²) in [6, 6.07) is 15.0. The molecule has 3 rings (SSSR count). The van der Waals surface area contributed by atoms with Crippen molar-refractivity contribution in [3.05, 3.63) is 80.7 Å². The van der Waals surface area contributed by atoms with E-state index in [-0.39, 0.29) is 5.56 Å². The maximum Gasteiger partial charge on any atom is 0.280 e. The summed E-state index contributed by atoms with van der Waals surface area (Å²) < 4.78 is 1.48. The lowest BCUT2D eigenvalue weighted by molar-refractivity contribution is 0.835. The third-order valence-corrected chi connectivity index (χ3v) is 4.04. The summed E-state index contributed by atoms with van der Waals surface area (Å²) in [6.07, 6.45) is 1.59. The van der Waals surface area contributed by atoms with Crippen LogP contribution in [0.1, 0.15) is 16.8 Å². The maximum absolute atomic E-state index is 12.6. The molecule has 0 radical (unpaired) electrons. The molecule has 0 unspecified atom stereocenters. The number of aliphatic imine (C=N–C) groups is 1. The number of benzene rings is 2. The Labute approximate surface area is 139 Å². The van der Waals surface area contributed by atoms with E-state index in [2.05, 4.69) is 10.1 Å². The Morgan fingerprint density at radius 3 is 2.57 bits per heavy atom. The van der Waals surface area contributed by atoms with Crippen molar-refractivity contribution in [2.45, 2.75) is 13.8 Å². The van der Waals surface area contributed by atoms with Crippen molar-refractivity contribution in [3.63, 3.8) is 0 Å². The summed E-state index contributed by atoms with van der Waals surface area (Å²) in [5.74, 6) is 0. The average molecular weight is 326 g/mol. The SMILES string of the molecule is Cc1ccc(-n2[nH]c(C)c(C=Nc3ccccc3)c2=O)cc1Cl. The predicted molar refractivity (Wildman–Crippen MR) is 94.6 cm³/mol. The van der Waals surface area contributed by atoms with Crippen LogP contribution in [0.15, 0.2) is 58.3 Å². The van der Waals surface area contributed by atoms with Crippen molar-refractivity contribution >= 4 is 23.5 Å². The molecule has 0 atom stereocenters. The van der Waals surface area contributed by atoms with Gasteiger partial charge in [-0.2, -0.15) is 0 Å². The fourth-order valence-electron chi connectivity index (χ4n) is 2.27. The first-order valence-corrected chi connectivity index (χ1v) is 7.61. The van der Waals surface area contributed by atoms with Gasteiger partial charge in [0, 0.05) is 16.9 Å². The topological polar surface area (TPSA) is 50.1 Å². The zero-order valence-corrected chi connectivity index (χ0v) is 13.6. The number of hydrogen-bond donors (Lipinski definition) is 1. The molecule has 0 fully saturated rings. The number of halogens is 1. The van der Waals surface area contributed by atoms with Crippen LogP contribution < -0.4 is 5.56 Å². The lowest BCUT2D eigenvalue weighted by atomic mass is 10.2. The molecule has 2 aromatic carbocycles. The van der Waals surface area contributed by atoms with Gasteiger partial charge in [-0.3, -0.25) is 14.9 Å². The van der Waals surface area contributed by atoms with Crippen molar-refractivity contribution in [3.8, 4) is 5.69 Å². The van der Waals surface area contributed by atoms with Gasteiger partial charge in [0.25, 0.3) is 5.56 Å². The number of para-hydroxylation sites is 1. The molecule has 4 nitrogen and oxygen atoms in total. The summed E-state index contributed by atoms with van der Waals surface area (Å²) in [5.41, 5.74) is 3.61. The lowest BCUT2D eigenvalue weighted by Crippen LogP contribution is -2.17. The van der Waals surface area contributed by atoms with Gasteiger partial charge in [-0.15, -0.1) is 0 Å². The molecule has 0 saturated carbocycles. The quantitative estimate of drug-likeness (QED) is 0.721. The predicted octanol–water partition coefficient (Wildman–Crippen LogP) is 4.19. The van der Waals surface area contributed by atoms with Crippen molar-refractivity contribution in [1.82, 2.24) is 9.78 Å². The molecule has 0 saturated heterocycles. The minimum atomic E-state index is -0.151. The van der Waals surface area contributed by atoms with Crippen LogP contribution in [0.4, 0.5) is 5.69 Å². The van der Waals surface area contributed by atoms with Gasteiger partial charge in [0.1, 0.15) is 0 Å². The van der Waals surface area contributed by atoms with E-state index in [1.165, 1.54) is 4.68 Å². The highest BCUT2D eigenvalue weighted by Gasteiger charge is 2.11. The first-order valence-electron chi connectivity index (χ1n) is 7.23. The minimum absolute atomic E-state index is 0.151. The summed E-state index contributed by atoms with van der Waals surface area (Å²) in [7, 11) is 0. The molecule has 1 aromatic heterocycles. The van der Waals surface area contributed by atoms with E-state index in [0.717, 1.165) is 16.9 Å². The fourth-order valence-corrected chi connectivity index (χ4v) is 2.44. The van der Waals surface area contributed by atoms with Gasteiger partial charge in [0.15, 0.2) is 0 Å². The Hall–Kier alpha value is -2.59. The van der Waals surface area contributed by atoms with E-state index in [0.29, 0.717) is 16.3 Å². The van der Waals surface area contributed by atoms with Crippen LogP contribution in [-0.4, -0.2) is 16.0 Å². The molecular formula is C18H16ClN3O. The van der Waals surface area contributed by atoms with Crippen LogP contribution >= 0.6 is 11.6 Å². The second-order valence-electron chi connectivity index (χ2n) is 5.32. The third kappa shape index (κ3) is 3.12. The van der Waals surface area contributed by atoms with E-state index in [1.807, 2.05) is 56.3 Å². The Kier molecular flexibility index (Phi) is 4.17. The number of hydrogen-bond acceptors (Lipinski definition) is 2. The number of aryl methyl sites for hydroxylation is 2. The van der Waals surface area contributed by atoms with Crippen LogP contribution in [-0.2, 0) is 0 Å². The van der Waals surface area contributed by atoms with Gasteiger partial charge < -0.3 is 0 Å². The molecule has 116 valence electrons. The summed E-state index contributed by atoms with van der Waals surface area (Å²) in [4.78, 5) is 17.0. The number of aromatic amines is 1. The van der Waals surface area contributed by atoms with Gasteiger partial charge in [-0.1, -0.05) is 35.9 Å². The van der Waals surface area contributed by atoms with Crippen LogP contribution in [0.25, 0.3) is 5.69 Å². The van der Waals surface area contributed by atoms with Crippen LogP contribution in [0.5, 0.6) is 0 Å². The van der Waals surface area contributed by atoms with Crippen molar-refractivity contribution < 1.29 is 0 Å². The van der Waals surface area contributed by atoms with Crippen molar-refractivity contribution in [2.24, 2.45) is 4.99 Å². The molecule has 0 aliphatic carbocycles. The van der Waals surface area contributed by atoms with E-state index in [4.69, 9.17) is 11.6 Å². The van der Waals surface area contributed by atoms with Crippen molar-refractivity contribution in [1.29, 1.82) is 0 Å². The maximum atomic E-state index is 12.6. The van der Waals surface area contributed by atoms with E-state index >= 15 is 0 Å². The average Bonchev–Trinajstić information content (AvgIpc) is 2.84. The van der Waals surface area contributed by atoms with Crippen LogP contribution in [0, 0.1) is 13.8 Å². The smallest absolute Gasteiger partial charge is 0.280 e. The van der Waals surface area contributed by atoms with Gasteiger partial charge in [0.05, 0.1) is 16.9 Å². The molecule has 23 heavy (non-hydrogen) atoms. The summed E-state index contributed by atoms with van der Waals surface area (Å²) >= 11 is 6.15. The van der Waals surface area contributed by atoms with Crippen LogP contribution in [0.3, 0.4) is 0 Å². The van der Waals surface area contributed by atoms with E-state index in [9.17, 15) is 4.79 Å². The molecule has 3 aromatic rings. The number of nitrogens with one attached hydrogen (secondary N) is 1. The van der Waals surface area contributed by atoms with E-state index < -0.39 is 0 Å². The monoisotopic (exact) mass is 325 g/mol. The molecule has 0 aliphatic heterocycles. The molecule has 1 N–H and O–H groups in total. The second kappa shape index (κ2) is 6.26. The molecule has 0 amide bonds. The molecule has 0 aliphatic rings. The minimum Gasteiger partial charge on any atom is -0.295 e. The molecular weight excluding hydrogens is 310 g/mol. The lowest BCUT2D eigenvalue weighted by Gasteiger charge is -2.03. The Balaban J connectivity index is 2.01. The molecule has 0 bridgehead atoms. The largest absolute Gasteiger partial charge is 0.295 e. The standard InChI is InChI=1S/C18H16ClN3O/c1-12-8-9-15(10-17(12)19)22-18(23)16(13(2)21-22)11-20-14-6-4-3-5-7-14/h3-11,21H,1-2H3. The number of rotatable bonds is 3. The second-order valence-corrected chi connectivity index (χ2v) is 5.73. The zero-order chi connectivity index (χ0) is 16.4. The highest BCUT2D eigenvalue weighted by atomic mass is 35.5. The fraction of sp³-hybridized carbons (Fsp3) is 0.111. The number of H-pyrrole nitrogens is 1. The first kappa shape index (κ1) is 15.3. The molecule has 1 heterocycles. The molecule has 5 heteroatoms. The number of nitrogens with zero attached hydrogens (tertiary/aromatic N) is 2. The zero-order valence-electron chi connectivity index (χ0n) is 12.9. The highest BCUT2D eigenvalue weighted by molar-refractivity contribution is 6.31. The number of aromatic nitrogens is 2.